The van der Waals surface area contributed by atoms with Gasteiger partial charge in [0, 0.05) is 21.8 Å². The number of rotatable bonds is 5. The molecule has 1 heterocycles. The van der Waals surface area contributed by atoms with E-state index in [0.717, 1.165) is 10.0 Å². The summed E-state index contributed by atoms with van der Waals surface area (Å²) in [6, 6.07) is 17.6. The molecular formula is C23H17BrN2O4. The molecule has 0 saturated carbocycles. The van der Waals surface area contributed by atoms with E-state index in [1.54, 1.807) is 31.4 Å². The Hall–Kier alpha value is -3.58. The molecule has 30 heavy (non-hydrogen) atoms. The van der Waals surface area contributed by atoms with Crippen LogP contribution in [0.1, 0.15) is 5.56 Å². The van der Waals surface area contributed by atoms with Crippen molar-refractivity contribution in [3.63, 3.8) is 0 Å². The number of anilines is 1. The van der Waals surface area contributed by atoms with Gasteiger partial charge in [0.2, 0.25) is 11.8 Å². The molecule has 0 spiro atoms. The van der Waals surface area contributed by atoms with Gasteiger partial charge in [-0.2, -0.15) is 0 Å². The lowest BCUT2D eigenvalue weighted by atomic mass is 10.1. The molecule has 3 aromatic carbocycles. The zero-order chi connectivity index (χ0) is 21.1. The van der Waals surface area contributed by atoms with Crippen LogP contribution >= 0.6 is 15.9 Å². The molecule has 4 rings (SSSR count). The Balaban J connectivity index is 1.56. The van der Waals surface area contributed by atoms with E-state index in [2.05, 4.69) is 26.2 Å². The number of aromatic hydroxyl groups is 1. The summed E-state index contributed by atoms with van der Waals surface area (Å²) in [5.41, 5.74) is 2.96. The Morgan fingerprint density at radius 3 is 2.80 bits per heavy atom. The minimum absolute atomic E-state index is 0.00830. The molecule has 0 atom stereocenters. The molecule has 6 nitrogen and oxygen atoms in total. The highest BCUT2D eigenvalue weighted by atomic mass is 79.9. The predicted octanol–water partition coefficient (Wildman–Crippen LogP) is 5.62. The number of fused-ring (bicyclic) bond motifs is 1. The van der Waals surface area contributed by atoms with Gasteiger partial charge in [0.05, 0.1) is 12.7 Å². The van der Waals surface area contributed by atoms with Crippen LogP contribution < -0.4 is 10.1 Å². The number of nitrogens with one attached hydrogen (secondary N) is 1. The summed E-state index contributed by atoms with van der Waals surface area (Å²) in [5.74, 6) is 0.615. The maximum Gasteiger partial charge on any atom is 0.248 e. The summed E-state index contributed by atoms with van der Waals surface area (Å²) in [5, 5.41) is 13.0. The zero-order valence-electron chi connectivity index (χ0n) is 15.9. The van der Waals surface area contributed by atoms with Gasteiger partial charge in [0.15, 0.2) is 5.58 Å². The third-order valence-corrected chi connectivity index (χ3v) is 4.89. The van der Waals surface area contributed by atoms with Crippen LogP contribution in [0.2, 0.25) is 0 Å². The summed E-state index contributed by atoms with van der Waals surface area (Å²) < 4.78 is 11.9. The van der Waals surface area contributed by atoms with Crippen molar-refractivity contribution in [2.45, 2.75) is 0 Å². The molecule has 0 unspecified atom stereocenters. The molecule has 1 amide bonds. The van der Waals surface area contributed by atoms with Gasteiger partial charge in [0.25, 0.3) is 0 Å². The molecular weight excluding hydrogens is 448 g/mol. The second kappa shape index (κ2) is 8.42. The van der Waals surface area contributed by atoms with Crippen molar-refractivity contribution in [3.05, 3.63) is 76.8 Å². The van der Waals surface area contributed by atoms with Crippen molar-refractivity contribution in [3.8, 4) is 23.0 Å². The number of carbonyl (C=O) groups is 1. The molecule has 0 aliphatic heterocycles. The molecule has 0 radical (unpaired) electrons. The first-order valence-electron chi connectivity index (χ1n) is 9.05. The smallest absolute Gasteiger partial charge is 0.248 e. The molecule has 0 aliphatic carbocycles. The van der Waals surface area contributed by atoms with E-state index in [0.29, 0.717) is 28.1 Å². The number of aromatic nitrogens is 1. The molecule has 7 heteroatoms. The summed E-state index contributed by atoms with van der Waals surface area (Å²) >= 11 is 3.41. The molecule has 0 bridgehead atoms. The van der Waals surface area contributed by atoms with E-state index in [4.69, 9.17) is 9.15 Å². The Morgan fingerprint density at radius 2 is 2.00 bits per heavy atom. The number of nitrogens with zero attached hydrogens (tertiary/aromatic N) is 1. The molecule has 1 aromatic heterocycles. The average Bonchev–Trinajstić information content (AvgIpc) is 3.18. The lowest BCUT2D eigenvalue weighted by Gasteiger charge is -2.07. The van der Waals surface area contributed by atoms with Gasteiger partial charge in [-0.15, -0.1) is 0 Å². The number of hydrogen-bond donors (Lipinski definition) is 2. The molecule has 0 saturated heterocycles. The summed E-state index contributed by atoms with van der Waals surface area (Å²) in [7, 11) is 1.57. The standard InChI is InChI=1S/C23H17BrN2O4/c1-29-20-10-7-15(24)12-14(20)6-11-22(28)25-16-8-9-19(27)17(13-16)23-26-18-4-2-3-5-21(18)30-23/h2-13,27H,1H3,(H,25,28). The minimum Gasteiger partial charge on any atom is -0.507 e. The van der Waals surface area contributed by atoms with Crippen LogP contribution in [0.15, 0.2) is 75.6 Å². The Bertz CT molecular complexity index is 1230. The SMILES string of the molecule is COc1ccc(Br)cc1C=CC(=O)Nc1ccc(O)c(-c2nc3ccccc3o2)c1. The van der Waals surface area contributed by atoms with Gasteiger partial charge < -0.3 is 19.6 Å². The van der Waals surface area contributed by atoms with Crippen LogP contribution in [0.5, 0.6) is 11.5 Å². The Labute approximate surface area is 180 Å². The number of ether oxygens (including phenoxy) is 1. The highest BCUT2D eigenvalue weighted by molar-refractivity contribution is 9.10. The number of hydrogen-bond acceptors (Lipinski definition) is 5. The monoisotopic (exact) mass is 464 g/mol. The van der Waals surface area contributed by atoms with Gasteiger partial charge in [-0.05, 0) is 54.6 Å². The number of para-hydroxylation sites is 2. The van der Waals surface area contributed by atoms with Crippen LogP contribution in [0.3, 0.4) is 0 Å². The minimum atomic E-state index is -0.328. The predicted molar refractivity (Wildman–Crippen MR) is 119 cm³/mol. The van der Waals surface area contributed by atoms with Gasteiger partial charge in [0.1, 0.15) is 17.0 Å². The van der Waals surface area contributed by atoms with E-state index in [9.17, 15) is 9.90 Å². The molecule has 2 N–H and O–H groups in total. The van der Waals surface area contributed by atoms with Crippen molar-refractivity contribution >= 4 is 44.7 Å². The van der Waals surface area contributed by atoms with Gasteiger partial charge in [-0.3, -0.25) is 4.79 Å². The number of methoxy groups -OCH3 is 1. The maximum absolute atomic E-state index is 12.4. The van der Waals surface area contributed by atoms with E-state index in [1.807, 2.05) is 36.4 Å². The summed E-state index contributed by atoms with van der Waals surface area (Å²) in [6.07, 6.45) is 3.08. The van der Waals surface area contributed by atoms with Crippen molar-refractivity contribution in [1.29, 1.82) is 0 Å². The zero-order valence-corrected chi connectivity index (χ0v) is 17.5. The third kappa shape index (κ3) is 4.21. The molecule has 4 aromatic rings. The van der Waals surface area contributed by atoms with Crippen molar-refractivity contribution in [2.75, 3.05) is 12.4 Å². The molecule has 150 valence electrons. The van der Waals surface area contributed by atoms with Crippen molar-refractivity contribution < 1.29 is 19.1 Å². The average molecular weight is 465 g/mol. The van der Waals surface area contributed by atoms with Gasteiger partial charge >= 0.3 is 0 Å². The van der Waals surface area contributed by atoms with E-state index < -0.39 is 0 Å². The lowest BCUT2D eigenvalue weighted by Crippen LogP contribution is -2.07. The van der Waals surface area contributed by atoms with Gasteiger partial charge in [-0.1, -0.05) is 28.1 Å². The van der Waals surface area contributed by atoms with Crippen LogP contribution in [-0.2, 0) is 4.79 Å². The van der Waals surface area contributed by atoms with E-state index >= 15 is 0 Å². The van der Waals surface area contributed by atoms with Gasteiger partial charge in [-0.25, -0.2) is 4.98 Å². The largest absolute Gasteiger partial charge is 0.507 e. The first kappa shape index (κ1) is 19.7. The Kier molecular flexibility index (Phi) is 5.54. The fourth-order valence-corrected chi connectivity index (χ4v) is 3.34. The third-order valence-electron chi connectivity index (χ3n) is 4.39. The van der Waals surface area contributed by atoms with Crippen molar-refractivity contribution in [1.82, 2.24) is 4.98 Å². The number of benzene rings is 3. The summed E-state index contributed by atoms with van der Waals surface area (Å²) in [6.45, 7) is 0. The highest BCUT2D eigenvalue weighted by Crippen LogP contribution is 2.33. The van der Waals surface area contributed by atoms with Crippen LogP contribution in [-0.4, -0.2) is 23.1 Å². The lowest BCUT2D eigenvalue weighted by molar-refractivity contribution is -0.111. The number of phenolic OH excluding ortho intramolecular Hbond substituents is 1. The molecule has 0 aliphatic rings. The quantitative estimate of drug-likeness (QED) is 0.295. The normalized spacial score (nSPS) is 11.1. The molecule has 0 fully saturated rings. The maximum atomic E-state index is 12.4. The number of phenols is 1. The number of carbonyl (C=O) groups excluding carboxylic acids is 1. The Morgan fingerprint density at radius 1 is 1.17 bits per heavy atom. The number of amides is 1. The van der Waals surface area contributed by atoms with Crippen LogP contribution in [0.25, 0.3) is 28.6 Å². The van der Waals surface area contributed by atoms with E-state index in [-0.39, 0.29) is 17.5 Å². The topological polar surface area (TPSA) is 84.6 Å². The highest BCUT2D eigenvalue weighted by Gasteiger charge is 2.13. The van der Waals surface area contributed by atoms with E-state index in [1.165, 1.54) is 12.1 Å². The van der Waals surface area contributed by atoms with Crippen LogP contribution in [0.4, 0.5) is 5.69 Å². The first-order chi connectivity index (χ1) is 14.5. The fraction of sp³-hybridized carbons (Fsp3) is 0.0435. The van der Waals surface area contributed by atoms with Crippen LogP contribution in [0, 0.1) is 0 Å². The first-order valence-corrected chi connectivity index (χ1v) is 9.84. The van der Waals surface area contributed by atoms with Crippen molar-refractivity contribution in [2.24, 2.45) is 0 Å². The number of oxazole rings is 1. The summed E-state index contributed by atoms with van der Waals surface area (Å²) in [4.78, 5) is 16.8. The fourth-order valence-electron chi connectivity index (χ4n) is 2.96. The second-order valence-electron chi connectivity index (χ2n) is 6.43. The second-order valence-corrected chi connectivity index (χ2v) is 7.34. The number of halogens is 1.